The van der Waals surface area contributed by atoms with Crippen LogP contribution in [0.3, 0.4) is 0 Å². The second-order valence-corrected chi connectivity index (χ2v) is 9.33. The summed E-state index contributed by atoms with van der Waals surface area (Å²) in [4.78, 5) is 25.4. The van der Waals surface area contributed by atoms with Crippen LogP contribution in [0, 0.1) is 5.92 Å². The maximum atomic E-state index is 12.4. The number of rotatable bonds is 6. The van der Waals surface area contributed by atoms with Crippen molar-refractivity contribution < 1.29 is 18.0 Å². The van der Waals surface area contributed by atoms with Crippen LogP contribution < -0.4 is 10.5 Å². The molecule has 0 spiro atoms. The molecule has 0 unspecified atom stereocenters. The van der Waals surface area contributed by atoms with Crippen molar-refractivity contribution >= 4 is 38.9 Å². The van der Waals surface area contributed by atoms with E-state index < -0.39 is 10.0 Å². The second-order valence-electron chi connectivity index (χ2n) is 6.47. The molecule has 144 valence electrons. The van der Waals surface area contributed by atoms with Gasteiger partial charge in [-0.25, -0.2) is 8.42 Å². The van der Waals surface area contributed by atoms with Crippen molar-refractivity contribution in [2.75, 3.05) is 17.8 Å². The van der Waals surface area contributed by atoms with E-state index in [1.807, 2.05) is 0 Å². The molecule has 27 heavy (non-hydrogen) atoms. The summed E-state index contributed by atoms with van der Waals surface area (Å²) >= 11 is 1.15. The van der Waals surface area contributed by atoms with Gasteiger partial charge in [-0.3, -0.25) is 14.3 Å². The summed E-state index contributed by atoms with van der Waals surface area (Å²) in [5, 5.41) is 1.70. The largest absolute Gasteiger partial charge is 0.369 e. The van der Waals surface area contributed by atoms with Crippen LogP contribution in [0.15, 0.2) is 46.0 Å². The molecule has 0 saturated carbocycles. The number of hydrogen-bond acceptors (Lipinski definition) is 5. The fraction of sp³-hybridized carbons (Fsp3) is 0.333. The molecular weight excluding hydrogens is 386 g/mol. The van der Waals surface area contributed by atoms with Crippen molar-refractivity contribution in [2.24, 2.45) is 11.7 Å². The molecule has 1 aromatic heterocycles. The molecule has 1 aliphatic rings. The van der Waals surface area contributed by atoms with Gasteiger partial charge in [0, 0.05) is 24.7 Å². The second kappa shape index (κ2) is 8.10. The third-order valence-electron chi connectivity index (χ3n) is 4.57. The number of piperidine rings is 1. The van der Waals surface area contributed by atoms with Crippen LogP contribution in [-0.4, -0.2) is 38.2 Å². The summed E-state index contributed by atoms with van der Waals surface area (Å²) in [5.41, 5.74) is 6.56. The number of nitrogens with zero attached hydrogens (tertiary/aromatic N) is 1. The first-order chi connectivity index (χ1) is 12.8. The lowest BCUT2D eigenvalue weighted by atomic mass is 9.96. The Labute approximate surface area is 162 Å². The van der Waals surface area contributed by atoms with Gasteiger partial charge in [-0.15, -0.1) is 11.3 Å². The lowest BCUT2D eigenvalue weighted by molar-refractivity contribution is -0.134. The van der Waals surface area contributed by atoms with E-state index in [4.69, 9.17) is 5.73 Å². The standard InChI is InChI=1S/C18H21N3O4S2/c19-18(23)14-7-9-21(10-8-14)16(22)12-13-3-5-15(6-4-13)20-27(24,25)17-2-1-11-26-17/h1-6,11,14,20H,7-10,12H2,(H2,19,23). The Morgan fingerprint density at radius 1 is 1.15 bits per heavy atom. The van der Waals surface area contributed by atoms with Crippen molar-refractivity contribution in [3.8, 4) is 0 Å². The van der Waals surface area contributed by atoms with Crippen LogP contribution in [0.4, 0.5) is 5.69 Å². The number of amides is 2. The number of likely N-dealkylation sites (tertiary alicyclic amines) is 1. The van der Waals surface area contributed by atoms with Gasteiger partial charge in [0.2, 0.25) is 11.8 Å². The first-order valence-electron chi connectivity index (χ1n) is 8.57. The number of carbonyl (C=O) groups excluding carboxylic acids is 2. The highest BCUT2D eigenvalue weighted by Crippen LogP contribution is 2.21. The van der Waals surface area contributed by atoms with Crippen LogP contribution in [0.2, 0.25) is 0 Å². The number of carbonyl (C=O) groups is 2. The molecular formula is C18H21N3O4S2. The average Bonchev–Trinajstić information content (AvgIpc) is 3.19. The Bertz CT molecular complexity index is 901. The number of primary amides is 1. The minimum Gasteiger partial charge on any atom is -0.369 e. The van der Waals surface area contributed by atoms with Crippen LogP contribution in [0.5, 0.6) is 0 Å². The van der Waals surface area contributed by atoms with Gasteiger partial charge in [0.05, 0.1) is 6.42 Å². The lowest BCUT2D eigenvalue weighted by Gasteiger charge is -2.30. The molecule has 1 fully saturated rings. The molecule has 1 aliphatic heterocycles. The lowest BCUT2D eigenvalue weighted by Crippen LogP contribution is -2.42. The quantitative estimate of drug-likeness (QED) is 0.761. The van der Waals surface area contributed by atoms with E-state index in [0.29, 0.717) is 31.6 Å². The molecule has 2 amide bonds. The van der Waals surface area contributed by atoms with E-state index in [-0.39, 0.29) is 28.4 Å². The SMILES string of the molecule is NC(=O)C1CCN(C(=O)Cc2ccc(NS(=O)(=O)c3cccs3)cc2)CC1. The van der Waals surface area contributed by atoms with Gasteiger partial charge >= 0.3 is 0 Å². The molecule has 9 heteroatoms. The van der Waals surface area contributed by atoms with Gasteiger partial charge in [0.1, 0.15) is 4.21 Å². The molecule has 0 radical (unpaired) electrons. The van der Waals surface area contributed by atoms with Gasteiger partial charge in [-0.2, -0.15) is 0 Å². The smallest absolute Gasteiger partial charge is 0.271 e. The van der Waals surface area contributed by atoms with Crippen LogP contribution in [-0.2, 0) is 26.0 Å². The molecule has 3 N–H and O–H groups in total. The Morgan fingerprint density at radius 2 is 1.81 bits per heavy atom. The number of benzene rings is 1. The zero-order valence-electron chi connectivity index (χ0n) is 14.6. The molecule has 3 rings (SSSR count). The highest BCUT2D eigenvalue weighted by molar-refractivity contribution is 7.94. The van der Waals surface area contributed by atoms with Crippen molar-refractivity contribution in [3.63, 3.8) is 0 Å². The molecule has 1 saturated heterocycles. The fourth-order valence-corrected chi connectivity index (χ4v) is 5.06. The highest BCUT2D eigenvalue weighted by Gasteiger charge is 2.25. The monoisotopic (exact) mass is 407 g/mol. The first-order valence-corrected chi connectivity index (χ1v) is 10.9. The van der Waals surface area contributed by atoms with Gasteiger partial charge < -0.3 is 10.6 Å². The van der Waals surface area contributed by atoms with Gasteiger partial charge in [-0.1, -0.05) is 18.2 Å². The summed E-state index contributed by atoms with van der Waals surface area (Å²) in [6.07, 6.45) is 1.44. The van der Waals surface area contributed by atoms with E-state index in [0.717, 1.165) is 16.9 Å². The maximum Gasteiger partial charge on any atom is 0.271 e. The van der Waals surface area contributed by atoms with Crippen LogP contribution >= 0.6 is 11.3 Å². The van der Waals surface area contributed by atoms with Gasteiger partial charge in [-0.05, 0) is 42.0 Å². The predicted octanol–water partition coefficient (Wildman–Crippen LogP) is 1.82. The van der Waals surface area contributed by atoms with Crippen LogP contribution in [0.25, 0.3) is 0 Å². The summed E-state index contributed by atoms with van der Waals surface area (Å²) in [5.74, 6) is -0.461. The minimum absolute atomic E-state index is 0.00941. The van der Waals surface area contributed by atoms with E-state index in [9.17, 15) is 18.0 Å². The fourth-order valence-electron chi connectivity index (χ4n) is 3.01. The van der Waals surface area contributed by atoms with Crippen molar-refractivity contribution in [3.05, 3.63) is 47.3 Å². The number of nitrogens with one attached hydrogen (secondary N) is 1. The van der Waals surface area contributed by atoms with E-state index in [1.54, 1.807) is 46.7 Å². The maximum absolute atomic E-state index is 12.4. The first kappa shape index (κ1) is 19.4. The third-order valence-corrected chi connectivity index (χ3v) is 7.35. The van der Waals surface area contributed by atoms with Gasteiger partial charge in [0.25, 0.3) is 10.0 Å². The number of anilines is 1. The molecule has 1 aromatic carbocycles. The van der Waals surface area contributed by atoms with Crippen molar-refractivity contribution in [1.29, 1.82) is 0 Å². The van der Waals surface area contributed by atoms with Crippen LogP contribution in [0.1, 0.15) is 18.4 Å². The zero-order valence-corrected chi connectivity index (χ0v) is 16.3. The third kappa shape index (κ3) is 4.86. The topological polar surface area (TPSA) is 110 Å². The summed E-state index contributed by atoms with van der Waals surface area (Å²) < 4.78 is 27.2. The average molecular weight is 408 g/mol. The van der Waals surface area contributed by atoms with E-state index in [2.05, 4.69) is 4.72 Å². The molecule has 2 aromatic rings. The summed E-state index contributed by atoms with van der Waals surface area (Å²) in [6, 6.07) is 9.99. The number of thiophene rings is 1. The highest BCUT2D eigenvalue weighted by atomic mass is 32.2. The van der Waals surface area contributed by atoms with Crippen molar-refractivity contribution in [2.45, 2.75) is 23.5 Å². The van der Waals surface area contributed by atoms with E-state index >= 15 is 0 Å². The Balaban J connectivity index is 1.56. The van der Waals surface area contributed by atoms with E-state index in [1.165, 1.54) is 0 Å². The normalized spacial score (nSPS) is 15.5. The Hall–Kier alpha value is -2.39. The number of hydrogen-bond donors (Lipinski definition) is 2. The zero-order chi connectivity index (χ0) is 19.4. The molecule has 0 bridgehead atoms. The van der Waals surface area contributed by atoms with Gasteiger partial charge in [0.15, 0.2) is 0 Å². The number of sulfonamides is 1. The predicted molar refractivity (Wildman–Crippen MR) is 104 cm³/mol. The molecule has 0 aliphatic carbocycles. The molecule has 0 atom stereocenters. The number of nitrogens with two attached hydrogens (primary N) is 1. The summed E-state index contributed by atoms with van der Waals surface area (Å²) in [6.45, 7) is 1.07. The van der Waals surface area contributed by atoms with Crippen molar-refractivity contribution in [1.82, 2.24) is 4.90 Å². The molecule has 2 heterocycles. The minimum atomic E-state index is -3.58. The Morgan fingerprint density at radius 3 is 2.37 bits per heavy atom. The Kier molecular flexibility index (Phi) is 5.81. The molecule has 7 nitrogen and oxygen atoms in total. The summed E-state index contributed by atoms with van der Waals surface area (Å²) in [7, 11) is -3.58.